The van der Waals surface area contributed by atoms with Crippen LogP contribution in [0.15, 0.2) is 0 Å². The Balaban J connectivity index is 2.30. The molecule has 0 amide bonds. The third-order valence-electron chi connectivity index (χ3n) is 1.25. The molecule has 0 saturated carbocycles. The van der Waals surface area contributed by atoms with Gasteiger partial charge in [0.2, 0.25) is 0 Å². The number of rotatable bonds is 1. The number of nitrogens with one attached hydrogen (secondary N) is 1. The van der Waals surface area contributed by atoms with Crippen LogP contribution in [0.4, 0.5) is 0 Å². The Kier molecular flexibility index (Phi) is 0.795. The van der Waals surface area contributed by atoms with Crippen LogP contribution in [-0.4, -0.2) is 12.1 Å². The van der Waals surface area contributed by atoms with Crippen LogP contribution in [0, 0.1) is 11.3 Å². The SMILES string of the molecule is CC1(CC#N)CN1. The maximum atomic E-state index is 8.15. The predicted octanol–water partition coefficient (Wildman–Crippen LogP) is 0.262. The molecule has 2 nitrogen and oxygen atoms in total. The molecule has 1 atom stereocenters. The summed E-state index contributed by atoms with van der Waals surface area (Å²) in [7, 11) is 0. The highest BCUT2D eigenvalue weighted by atomic mass is 15.1. The lowest BCUT2D eigenvalue weighted by Crippen LogP contribution is -2.06. The standard InChI is InChI=1S/C5H8N2/c1-5(2-3-6)4-7-5/h7H,2,4H2,1H3. The van der Waals surface area contributed by atoms with Gasteiger partial charge in [-0.15, -0.1) is 0 Å². The van der Waals surface area contributed by atoms with Gasteiger partial charge >= 0.3 is 0 Å². The molecule has 0 aromatic heterocycles. The van der Waals surface area contributed by atoms with Crippen LogP contribution in [0.1, 0.15) is 13.3 Å². The maximum absolute atomic E-state index is 8.15. The van der Waals surface area contributed by atoms with E-state index in [2.05, 4.69) is 18.3 Å². The van der Waals surface area contributed by atoms with Crippen LogP contribution in [-0.2, 0) is 0 Å². The summed E-state index contributed by atoms with van der Waals surface area (Å²) < 4.78 is 0. The van der Waals surface area contributed by atoms with Gasteiger partial charge in [0.15, 0.2) is 0 Å². The fraction of sp³-hybridized carbons (Fsp3) is 0.800. The lowest BCUT2D eigenvalue weighted by atomic mass is 10.1. The van der Waals surface area contributed by atoms with Gasteiger partial charge in [-0.25, -0.2) is 0 Å². The van der Waals surface area contributed by atoms with Gasteiger partial charge in [0, 0.05) is 12.1 Å². The molecule has 1 fully saturated rings. The van der Waals surface area contributed by atoms with Crippen molar-refractivity contribution in [3.05, 3.63) is 0 Å². The Morgan fingerprint density at radius 3 is 2.71 bits per heavy atom. The summed E-state index contributed by atoms with van der Waals surface area (Å²) in [5.74, 6) is 0. The Morgan fingerprint density at radius 2 is 2.57 bits per heavy atom. The number of hydrogen-bond donors (Lipinski definition) is 1. The molecule has 0 aromatic carbocycles. The highest BCUT2D eigenvalue weighted by molar-refractivity contribution is 5.04. The van der Waals surface area contributed by atoms with Crippen LogP contribution in [0.5, 0.6) is 0 Å². The molecule has 0 bridgehead atoms. The average Bonchev–Trinajstić information content (AvgIpc) is 2.22. The fourth-order valence-corrected chi connectivity index (χ4v) is 0.450. The first-order chi connectivity index (χ1) is 3.27. The fourth-order valence-electron chi connectivity index (χ4n) is 0.450. The van der Waals surface area contributed by atoms with E-state index in [1.165, 1.54) is 0 Å². The van der Waals surface area contributed by atoms with Gasteiger partial charge in [-0.05, 0) is 6.92 Å². The molecule has 1 aliphatic heterocycles. The molecule has 7 heavy (non-hydrogen) atoms. The Hall–Kier alpha value is -0.550. The summed E-state index contributed by atoms with van der Waals surface area (Å²) in [6.07, 6.45) is 0.646. The normalized spacial score (nSPS) is 37.1. The quantitative estimate of drug-likeness (QED) is 0.476. The van der Waals surface area contributed by atoms with E-state index in [-0.39, 0.29) is 5.54 Å². The number of nitrogens with zero attached hydrogens (tertiary/aromatic N) is 1. The predicted molar refractivity (Wildman–Crippen MR) is 26.6 cm³/mol. The molecule has 0 aromatic rings. The van der Waals surface area contributed by atoms with E-state index in [0.717, 1.165) is 6.54 Å². The van der Waals surface area contributed by atoms with Crippen LogP contribution < -0.4 is 5.32 Å². The summed E-state index contributed by atoms with van der Waals surface area (Å²) in [5.41, 5.74) is 0.189. The van der Waals surface area contributed by atoms with Crippen LogP contribution >= 0.6 is 0 Å². The minimum absolute atomic E-state index is 0.189. The minimum Gasteiger partial charge on any atom is -0.307 e. The van der Waals surface area contributed by atoms with Crippen molar-refractivity contribution in [2.24, 2.45) is 0 Å². The molecule has 0 spiro atoms. The molecular formula is C5H8N2. The average molecular weight is 96.1 g/mol. The van der Waals surface area contributed by atoms with E-state index in [4.69, 9.17) is 5.26 Å². The van der Waals surface area contributed by atoms with Crippen molar-refractivity contribution in [1.82, 2.24) is 5.32 Å². The second-order valence-corrected chi connectivity index (χ2v) is 2.25. The Bertz CT molecular complexity index is 108. The van der Waals surface area contributed by atoms with E-state index >= 15 is 0 Å². The van der Waals surface area contributed by atoms with Gasteiger partial charge in [-0.1, -0.05) is 0 Å². The smallest absolute Gasteiger partial charge is 0.0641 e. The monoisotopic (exact) mass is 96.1 g/mol. The van der Waals surface area contributed by atoms with Gasteiger partial charge in [-0.3, -0.25) is 0 Å². The summed E-state index contributed by atoms with van der Waals surface area (Å²) in [4.78, 5) is 0. The molecule has 0 radical (unpaired) electrons. The molecule has 2 heteroatoms. The summed E-state index contributed by atoms with van der Waals surface area (Å²) in [5, 5.41) is 11.2. The van der Waals surface area contributed by atoms with Gasteiger partial charge in [0.05, 0.1) is 12.5 Å². The molecule has 0 aliphatic carbocycles. The maximum Gasteiger partial charge on any atom is 0.0641 e. The van der Waals surface area contributed by atoms with E-state index in [9.17, 15) is 0 Å². The molecule has 1 heterocycles. The summed E-state index contributed by atoms with van der Waals surface area (Å²) >= 11 is 0. The largest absolute Gasteiger partial charge is 0.307 e. The topological polar surface area (TPSA) is 45.7 Å². The van der Waals surface area contributed by atoms with Gasteiger partial charge < -0.3 is 5.32 Å². The van der Waals surface area contributed by atoms with Crippen molar-refractivity contribution in [1.29, 1.82) is 5.26 Å². The van der Waals surface area contributed by atoms with Crippen molar-refractivity contribution in [2.45, 2.75) is 18.9 Å². The Morgan fingerprint density at radius 1 is 2.00 bits per heavy atom. The lowest BCUT2D eigenvalue weighted by molar-refractivity contribution is 0.717. The highest BCUT2D eigenvalue weighted by Crippen LogP contribution is 2.18. The van der Waals surface area contributed by atoms with Crippen molar-refractivity contribution in [3.63, 3.8) is 0 Å². The van der Waals surface area contributed by atoms with Gasteiger partial charge in [-0.2, -0.15) is 5.26 Å². The lowest BCUT2D eigenvalue weighted by Gasteiger charge is -1.92. The molecule has 1 aliphatic rings. The number of nitriles is 1. The van der Waals surface area contributed by atoms with Gasteiger partial charge in [0.25, 0.3) is 0 Å². The van der Waals surface area contributed by atoms with E-state index in [1.54, 1.807) is 0 Å². The van der Waals surface area contributed by atoms with Crippen LogP contribution in [0.3, 0.4) is 0 Å². The zero-order chi connectivity index (χ0) is 5.33. The molecule has 38 valence electrons. The van der Waals surface area contributed by atoms with Gasteiger partial charge in [0.1, 0.15) is 0 Å². The van der Waals surface area contributed by atoms with Crippen molar-refractivity contribution >= 4 is 0 Å². The van der Waals surface area contributed by atoms with E-state index < -0.39 is 0 Å². The second kappa shape index (κ2) is 1.21. The zero-order valence-electron chi connectivity index (χ0n) is 4.36. The Labute approximate surface area is 43.1 Å². The van der Waals surface area contributed by atoms with E-state index in [0.29, 0.717) is 6.42 Å². The zero-order valence-corrected chi connectivity index (χ0v) is 4.36. The molecule has 1 rings (SSSR count). The van der Waals surface area contributed by atoms with Crippen molar-refractivity contribution < 1.29 is 0 Å². The minimum atomic E-state index is 0.189. The van der Waals surface area contributed by atoms with Crippen LogP contribution in [0.25, 0.3) is 0 Å². The summed E-state index contributed by atoms with van der Waals surface area (Å²) in [6, 6.07) is 2.11. The molecular weight excluding hydrogens is 88.1 g/mol. The molecule has 1 N–H and O–H groups in total. The first-order valence-electron chi connectivity index (χ1n) is 2.39. The molecule has 1 unspecified atom stereocenters. The van der Waals surface area contributed by atoms with Crippen LogP contribution in [0.2, 0.25) is 0 Å². The van der Waals surface area contributed by atoms with Crippen molar-refractivity contribution in [2.75, 3.05) is 6.54 Å². The van der Waals surface area contributed by atoms with E-state index in [1.807, 2.05) is 0 Å². The first-order valence-corrected chi connectivity index (χ1v) is 2.39. The first kappa shape index (κ1) is 4.61. The summed E-state index contributed by atoms with van der Waals surface area (Å²) in [6.45, 7) is 3.07. The second-order valence-electron chi connectivity index (χ2n) is 2.25. The molecule has 1 saturated heterocycles. The number of hydrogen-bond acceptors (Lipinski definition) is 2. The highest BCUT2D eigenvalue weighted by Gasteiger charge is 2.35. The third-order valence-corrected chi connectivity index (χ3v) is 1.25. The van der Waals surface area contributed by atoms with Crippen molar-refractivity contribution in [3.8, 4) is 6.07 Å². The third kappa shape index (κ3) is 0.908.